The molecule has 3 aromatic heterocycles. The zero-order chi connectivity index (χ0) is 20.8. The minimum Gasteiger partial charge on any atom is -0.443 e. The minimum atomic E-state index is -2.75. The standard InChI is InChI=1S/C19H17F2N7O2/c20-17(21)14-6-15(28-19(26-14)23-8-25-28)11-7-27(4-3-12(11)22)18(29)10-1-2-16-13(5-10)24-9-30-16/h1-2,5-6,8-9,11-12,17H,3-4,7,22H2/t11-,12?/m1/s1. The number of amides is 1. The summed E-state index contributed by atoms with van der Waals surface area (Å²) in [5, 5.41) is 4.11. The average Bonchev–Trinajstić information content (AvgIpc) is 3.41. The van der Waals surface area contributed by atoms with Crippen molar-refractivity contribution in [3.8, 4) is 0 Å². The van der Waals surface area contributed by atoms with Crippen LogP contribution in [0.5, 0.6) is 0 Å². The first kappa shape index (κ1) is 18.6. The van der Waals surface area contributed by atoms with E-state index in [4.69, 9.17) is 10.2 Å². The van der Waals surface area contributed by atoms with Gasteiger partial charge >= 0.3 is 0 Å². The normalized spacial score (nSPS) is 19.8. The molecule has 4 aromatic rings. The molecular formula is C19H17F2N7O2. The number of rotatable bonds is 3. The Morgan fingerprint density at radius 1 is 1.27 bits per heavy atom. The predicted molar refractivity (Wildman–Crippen MR) is 101 cm³/mol. The van der Waals surface area contributed by atoms with Crippen molar-refractivity contribution in [3.63, 3.8) is 0 Å². The van der Waals surface area contributed by atoms with Crippen LogP contribution in [0.4, 0.5) is 8.78 Å². The summed E-state index contributed by atoms with van der Waals surface area (Å²) in [6, 6.07) is 6.01. The van der Waals surface area contributed by atoms with Crippen LogP contribution in [0.1, 0.15) is 40.5 Å². The van der Waals surface area contributed by atoms with E-state index in [2.05, 4.69) is 20.1 Å². The lowest BCUT2D eigenvalue weighted by atomic mass is 9.89. The fourth-order valence-electron chi connectivity index (χ4n) is 3.87. The molecule has 1 aromatic carbocycles. The maximum atomic E-state index is 13.3. The van der Waals surface area contributed by atoms with Crippen LogP contribution in [-0.2, 0) is 0 Å². The Kier molecular flexibility index (Phi) is 4.39. The topological polar surface area (TPSA) is 115 Å². The number of nitrogens with two attached hydrogens (primary N) is 1. The Labute approximate surface area is 168 Å². The maximum absolute atomic E-state index is 13.3. The summed E-state index contributed by atoms with van der Waals surface area (Å²) >= 11 is 0. The number of alkyl halides is 2. The molecule has 11 heteroatoms. The summed E-state index contributed by atoms with van der Waals surface area (Å²) in [5.41, 5.74) is 8.05. The van der Waals surface area contributed by atoms with Crippen LogP contribution in [0.2, 0.25) is 0 Å². The van der Waals surface area contributed by atoms with Gasteiger partial charge in [0, 0.05) is 30.6 Å². The lowest BCUT2D eigenvalue weighted by Crippen LogP contribution is -2.48. The van der Waals surface area contributed by atoms with E-state index in [1.165, 1.54) is 23.3 Å². The summed E-state index contributed by atoms with van der Waals surface area (Å²) < 4.78 is 33.3. The Hall–Kier alpha value is -3.47. The van der Waals surface area contributed by atoms with E-state index in [9.17, 15) is 13.6 Å². The van der Waals surface area contributed by atoms with Crippen molar-refractivity contribution >= 4 is 22.8 Å². The number of carbonyl (C=O) groups is 1. The lowest BCUT2D eigenvalue weighted by molar-refractivity contribution is 0.0691. The average molecular weight is 413 g/mol. The van der Waals surface area contributed by atoms with Crippen LogP contribution in [0.3, 0.4) is 0 Å². The fraction of sp³-hybridized carbons (Fsp3) is 0.316. The van der Waals surface area contributed by atoms with E-state index >= 15 is 0 Å². The summed E-state index contributed by atoms with van der Waals surface area (Å²) in [4.78, 5) is 26.6. The van der Waals surface area contributed by atoms with Gasteiger partial charge in [-0.15, -0.1) is 0 Å². The highest BCUT2D eigenvalue weighted by Gasteiger charge is 2.33. The number of benzene rings is 1. The largest absolute Gasteiger partial charge is 0.443 e. The number of nitrogens with zero attached hydrogens (tertiary/aromatic N) is 6. The van der Waals surface area contributed by atoms with Gasteiger partial charge in [-0.2, -0.15) is 10.1 Å². The monoisotopic (exact) mass is 413 g/mol. The lowest BCUT2D eigenvalue weighted by Gasteiger charge is -2.37. The second kappa shape index (κ2) is 7.10. The second-order valence-corrected chi connectivity index (χ2v) is 7.22. The van der Waals surface area contributed by atoms with Crippen LogP contribution >= 0.6 is 0 Å². The van der Waals surface area contributed by atoms with E-state index in [1.54, 1.807) is 23.1 Å². The highest BCUT2D eigenvalue weighted by Crippen LogP contribution is 2.30. The van der Waals surface area contributed by atoms with Gasteiger partial charge in [-0.25, -0.2) is 23.3 Å². The number of halogens is 2. The van der Waals surface area contributed by atoms with Crippen molar-refractivity contribution in [2.24, 2.45) is 5.73 Å². The minimum absolute atomic E-state index is 0.0786. The van der Waals surface area contributed by atoms with Crippen molar-refractivity contribution in [1.82, 2.24) is 29.5 Å². The summed E-state index contributed by atoms with van der Waals surface area (Å²) in [5.74, 6) is -0.507. The van der Waals surface area contributed by atoms with Crippen LogP contribution < -0.4 is 5.73 Å². The Bertz CT molecular complexity index is 1240. The number of aromatic nitrogens is 5. The summed E-state index contributed by atoms with van der Waals surface area (Å²) in [7, 11) is 0. The molecule has 0 spiro atoms. The van der Waals surface area contributed by atoms with Crippen molar-refractivity contribution in [2.75, 3.05) is 13.1 Å². The molecular weight excluding hydrogens is 396 g/mol. The van der Waals surface area contributed by atoms with E-state index in [1.807, 2.05) is 0 Å². The predicted octanol–water partition coefficient (Wildman–Crippen LogP) is 2.16. The van der Waals surface area contributed by atoms with Crippen molar-refractivity contribution in [1.29, 1.82) is 0 Å². The van der Waals surface area contributed by atoms with Crippen molar-refractivity contribution in [3.05, 3.63) is 53.9 Å². The van der Waals surface area contributed by atoms with Crippen molar-refractivity contribution in [2.45, 2.75) is 24.8 Å². The van der Waals surface area contributed by atoms with Crippen molar-refractivity contribution < 1.29 is 18.0 Å². The van der Waals surface area contributed by atoms with Gasteiger partial charge in [0.2, 0.25) is 0 Å². The third-order valence-electron chi connectivity index (χ3n) is 5.43. The van der Waals surface area contributed by atoms with Gasteiger partial charge in [-0.3, -0.25) is 4.79 Å². The molecule has 9 nitrogen and oxygen atoms in total. The molecule has 2 N–H and O–H groups in total. The van der Waals surface area contributed by atoms with Crippen LogP contribution in [0.15, 0.2) is 41.4 Å². The van der Waals surface area contributed by atoms with Gasteiger partial charge in [0.15, 0.2) is 12.0 Å². The number of piperidine rings is 1. The third-order valence-corrected chi connectivity index (χ3v) is 5.43. The molecule has 1 saturated heterocycles. The number of oxazole rings is 1. The molecule has 154 valence electrons. The number of fused-ring (bicyclic) bond motifs is 2. The van der Waals surface area contributed by atoms with E-state index in [-0.39, 0.29) is 24.3 Å². The molecule has 0 bridgehead atoms. The molecule has 4 heterocycles. The second-order valence-electron chi connectivity index (χ2n) is 7.22. The first-order chi connectivity index (χ1) is 14.5. The number of likely N-dealkylation sites (tertiary alicyclic amines) is 1. The number of hydrogen-bond acceptors (Lipinski definition) is 7. The molecule has 1 aliphatic heterocycles. The molecule has 0 radical (unpaired) electrons. The molecule has 1 amide bonds. The fourth-order valence-corrected chi connectivity index (χ4v) is 3.87. The summed E-state index contributed by atoms with van der Waals surface area (Å²) in [6.07, 6.45) is 0.344. The molecule has 1 unspecified atom stereocenters. The smallest absolute Gasteiger partial charge is 0.280 e. The van der Waals surface area contributed by atoms with Crippen LogP contribution in [0.25, 0.3) is 16.9 Å². The molecule has 1 aliphatic rings. The molecule has 5 rings (SSSR count). The van der Waals surface area contributed by atoms with Gasteiger partial charge in [0.05, 0.1) is 5.69 Å². The van der Waals surface area contributed by atoms with Gasteiger partial charge in [0.25, 0.3) is 18.1 Å². The Balaban J connectivity index is 1.48. The van der Waals surface area contributed by atoms with Gasteiger partial charge in [-0.1, -0.05) is 0 Å². The van der Waals surface area contributed by atoms with Gasteiger partial charge in [-0.05, 0) is 30.7 Å². The molecule has 2 atom stereocenters. The Morgan fingerprint density at radius 2 is 2.13 bits per heavy atom. The molecule has 30 heavy (non-hydrogen) atoms. The molecule has 0 aliphatic carbocycles. The molecule has 1 fully saturated rings. The zero-order valence-electron chi connectivity index (χ0n) is 15.7. The quantitative estimate of drug-likeness (QED) is 0.547. The van der Waals surface area contributed by atoms with E-state index in [0.717, 1.165) is 0 Å². The highest BCUT2D eigenvalue weighted by atomic mass is 19.3. The SMILES string of the molecule is NC1CCN(C(=O)c2ccc3ocnc3c2)C[C@H]1c1cc(C(F)F)nc2ncnn12. The van der Waals surface area contributed by atoms with Gasteiger partial charge < -0.3 is 15.1 Å². The number of carbonyl (C=O) groups excluding carboxylic acids is 1. The summed E-state index contributed by atoms with van der Waals surface area (Å²) in [6.45, 7) is 0.721. The third kappa shape index (κ3) is 3.07. The first-order valence-electron chi connectivity index (χ1n) is 9.38. The number of hydrogen-bond donors (Lipinski definition) is 1. The van der Waals surface area contributed by atoms with Gasteiger partial charge in [0.1, 0.15) is 17.5 Å². The van der Waals surface area contributed by atoms with Crippen LogP contribution in [-0.4, -0.2) is 54.5 Å². The van der Waals surface area contributed by atoms with E-state index in [0.29, 0.717) is 35.3 Å². The van der Waals surface area contributed by atoms with E-state index < -0.39 is 18.0 Å². The van der Waals surface area contributed by atoms with Crippen LogP contribution in [0, 0.1) is 0 Å². The zero-order valence-corrected chi connectivity index (χ0v) is 15.7. The Morgan fingerprint density at radius 3 is 2.97 bits per heavy atom. The highest BCUT2D eigenvalue weighted by molar-refractivity contribution is 5.97. The maximum Gasteiger partial charge on any atom is 0.280 e. The first-order valence-corrected chi connectivity index (χ1v) is 9.38. The molecule has 0 saturated carbocycles.